The summed E-state index contributed by atoms with van der Waals surface area (Å²) in [7, 11) is 0. The first-order valence-corrected chi connectivity index (χ1v) is 5.88. The molecule has 2 N–H and O–H groups in total. The van der Waals surface area contributed by atoms with Crippen molar-refractivity contribution in [3.63, 3.8) is 0 Å². The molecule has 1 aliphatic rings. The molecule has 0 aliphatic carbocycles. The van der Waals surface area contributed by atoms with Crippen LogP contribution >= 0.6 is 0 Å². The van der Waals surface area contributed by atoms with Crippen molar-refractivity contribution in [2.75, 3.05) is 13.1 Å². The molecule has 0 unspecified atom stereocenters. The average molecular weight is 212 g/mol. The smallest absolute Gasteiger partial charge is 0.239 e. The second-order valence-electron chi connectivity index (χ2n) is 5.76. The molecule has 1 heterocycles. The lowest BCUT2D eigenvalue weighted by molar-refractivity contribution is -0.135. The Hall–Kier alpha value is -0.570. The molecule has 1 aliphatic heterocycles. The normalized spacial score (nSPS) is 22.9. The number of rotatable bonds is 2. The number of carbonyl (C=O) groups excluding carboxylic acids is 1. The van der Waals surface area contributed by atoms with Gasteiger partial charge in [-0.15, -0.1) is 0 Å². The van der Waals surface area contributed by atoms with E-state index in [1.807, 2.05) is 18.7 Å². The lowest BCUT2D eigenvalue weighted by atomic mass is 9.82. The van der Waals surface area contributed by atoms with Crippen LogP contribution in [0.25, 0.3) is 0 Å². The second-order valence-corrected chi connectivity index (χ2v) is 5.76. The zero-order chi connectivity index (χ0) is 11.6. The van der Waals surface area contributed by atoms with Gasteiger partial charge < -0.3 is 10.6 Å². The van der Waals surface area contributed by atoms with Gasteiger partial charge in [-0.05, 0) is 24.2 Å². The average Bonchev–Trinajstić information content (AvgIpc) is 2.15. The molecule has 3 heteroatoms. The molecule has 0 aromatic rings. The Bertz CT molecular complexity index is 226. The summed E-state index contributed by atoms with van der Waals surface area (Å²) >= 11 is 0. The van der Waals surface area contributed by atoms with E-state index in [9.17, 15) is 4.79 Å². The van der Waals surface area contributed by atoms with Crippen LogP contribution in [-0.4, -0.2) is 29.9 Å². The van der Waals surface area contributed by atoms with Crippen LogP contribution in [0.5, 0.6) is 0 Å². The van der Waals surface area contributed by atoms with E-state index in [-0.39, 0.29) is 17.9 Å². The van der Waals surface area contributed by atoms with Gasteiger partial charge in [0, 0.05) is 13.1 Å². The van der Waals surface area contributed by atoms with Gasteiger partial charge in [-0.1, -0.05) is 27.7 Å². The number of amides is 1. The van der Waals surface area contributed by atoms with Crippen LogP contribution in [0, 0.1) is 11.3 Å². The summed E-state index contributed by atoms with van der Waals surface area (Å²) in [5.74, 6) is 0.355. The van der Waals surface area contributed by atoms with Gasteiger partial charge in [-0.25, -0.2) is 0 Å². The number of likely N-dealkylation sites (tertiary alicyclic amines) is 1. The Morgan fingerprint density at radius 2 is 1.73 bits per heavy atom. The highest BCUT2D eigenvalue weighted by Gasteiger charge is 2.30. The van der Waals surface area contributed by atoms with Crippen molar-refractivity contribution < 1.29 is 4.79 Å². The molecule has 0 radical (unpaired) electrons. The van der Waals surface area contributed by atoms with Gasteiger partial charge in [0.15, 0.2) is 0 Å². The number of nitrogens with zero attached hydrogens (tertiary/aromatic N) is 1. The Labute approximate surface area is 93.0 Å². The maximum Gasteiger partial charge on any atom is 0.239 e. The fourth-order valence-electron chi connectivity index (χ4n) is 1.83. The fraction of sp³-hybridized carbons (Fsp3) is 0.917. The first kappa shape index (κ1) is 12.5. The van der Waals surface area contributed by atoms with Gasteiger partial charge in [0.25, 0.3) is 0 Å². The van der Waals surface area contributed by atoms with Crippen molar-refractivity contribution in [3.05, 3.63) is 0 Å². The van der Waals surface area contributed by atoms with Gasteiger partial charge >= 0.3 is 0 Å². The molecule has 88 valence electrons. The van der Waals surface area contributed by atoms with E-state index in [1.165, 1.54) is 0 Å². The summed E-state index contributed by atoms with van der Waals surface area (Å²) in [6, 6.07) is -0.328. The van der Waals surface area contributed by atoms with Gasteiger partial charge in [-0.2, -0.15) is 0 Å². The minimum Gasteiger partial charge on any atom is -0.341 e. The van der Waals surface area contributed by atoms with Crippen molar-refractivity contribution in [3.8, 4) is 0 Å². The Morgan fingerprint density at radius 3 is 2.13 bits per heavy atom. The molecule has 1 fully saturated rings. The molecule has 0 spiro atoms. The molecular weight excluding hydrogens is 188 g/mol. The molecule has 1 saturated heterocycles. The van der Waals surface area contributed by atoms with Crippen molar-refractivity contribution in [1.82, 2.24) is 4.90 Å². The standard InChI is InChI=1S/C12H24N2O/c1-9(2)10(13)11(15)14-7-5-12(3,4)6-8-14/h9-10H,5-8,13H2,1-4H3/t10-/m1/s1. The minimum atomic E-state index is -0.328. The SMILES string of the molecule is CC(C)[C@@H](N)C(=O)N1CCC(C)(C)CC1. The van der Waals surface area contributed by atoms with Crippen LogP contribution in [-0.2, 0) is 4.79 Å². The molecule has 0 bridgehead atoms. The van der Waals surface area contributed by atoms with E-state index in [0.717, 1.165) is 25.9 Å². The van der Waals surface area contributed by atoms with E-state index < -0.39 is 0 Å². The van der Waals surface area contributed by atoms with Crippen molar-refractivity contribution in [2.45, 2.75) is 46.6 Å². The van der Waals surface area contributed by atoms with Crippen LogP contribution < -0.4 is 5.73 Å². The molecule has 0 aromatic heterocycles. The van der Waals surface area contributed by atoms with E-state index in [4.69, 9.17) is 5.73 Å². The van der Waals surface area contributed by atoms with Crippen LogP contribution in [0.3, 0.4) is 0 Å². The zero-order valence-corrected chi connectivity index (χ0v) is 10.4. The number of hydrogen-bond donors (Lipinski definition) is 1. The van der Waals surface area contributed by atoms with Crippen LogP contribution in [0.2, 0.25) is 0 Å². The van der Waals surface area contributed by atoms with E-state index in [0.29, 0.717) is 5.41 Å². The van der Waals surface area contributed by atoms with Gasteiger partial charge in [0.05, 0.1) is 6.04 Å². The molecule has 1 atom stereocenters. The Morgan fingerprint density at radius 1 is 1.27 bits per heavy atom. The maximum atomic E-state index is 12.0. The third kappa shape index (κ3) is 3.20. The lowest BCUT2D eigenvalue weighted by Crippen LogP contribution is -2.50. The summed E-state index contributed by atoms with van der Waals surface area (Å²) in [5.41, 5.74) is 6.25. The predicted octanol–water partition coefficient (Wildman–Crippen LogP) is 1.62. The number of piperidine rings is 1. The van der Waals surface area contributed by atoms with E-state index in [2.05, 4.69) is 13.8 Å². The summed E-state index contributed by atoms with van der Waals surface area (Å²) in [5, 5.41) is 0. The highest BCUT2D eigenvalue weighted by atomic mass is 16.2. The highest BCUT2D eigenvalue weighted by Crippen LogP contribution is 2.29. The molecule has 0 saturated carbocycles. The first-order valence-electron chi connectivity index (χ1n) is 5.88. The van der Waals surface area contributed by atoms with Crippen molar-refractivity contribution in [2.24, 2.45) is 17.1 Å². The molecule has 15 heavy (non-hydrogen) atoms. The maximum absolute atomic E-state index is 12.0. The minimum absolute atomic E-state index is 0.125. The van der Waals surface area contributed by atoms with E-state index >= 15 is 0 Å². The summed E-state index contributed by atoms with van der Waals surface area (Å²) in [4.78, 5) is 13.9. The quantitative estimate of drug-likeness (QED) is 0.756. The summed E-state index contributed by atoms with van der Waals surface area (Å²) in [6.45, 7) is 10.2. The summed E-state index contributed by atoms with van der Waals surface area (Å²) in [6.07, 6.45) is 2.17. The monoisotopic (exact) mass is 212 g/mol. The fourth-order valence-corrected chi connectivity index (χ4v) is 1.83. The number of hydrogen-bond acceptors (Lipinski definition) is 2. The second kappa shape index (κ2) is 4.52. The predicted molar refractivity (Wildman–Crippen MR) is 62.4 cm³/mol. The molecule has 1 rings (SSSR count). The third-order valence-corrected chi connectivity index (χ3v) is 3.43. The zero-order valence-electron chi connectivity index (χ0n) is 10.4. The van der Waals surface area contributed by atoms with Gasteiger partial charge in [0.2, 0.25) is 5.91 Å². The molecule has 0 aromatic carbocycles. The van der Waals surface area contributed by atoms with Crippen LogP contribution in [0.15, 0.2) is 0 Å². The summed E-state index contributed by atoms with van der Waals surface area (Å²) < 4.78 is 0. The first-order chi connectivity index (χ1) is 6.83. The van der Waals surface area contributed by atoms with Gasteiger partial charge in [-0.3, -0.25) is 4.79 Å². The molecular formula is C12H24N2O. The third-order valence-electron chi connectivity index (χ3n) is 3.43. The van der Waals surface area contributed by atoms with Gasteiger partial charge in [0.1, 0.15) is 0 Å². The topological polar surface area (TPSA) is 46.3 Å². The molecule has 3 nitrogen and oxygen atoms in total. The van der Waals surface area contributed by atoms with Crippen molar-refractivity contribution in [1.29, 1.82) is 0 Å². The Balaban J connectivity index is 2.50. The lowest BCUT2D eigenvalue weighted by Gasteiger charge is -2.38. The number of nitrogens with two attached hydrogens (primary N) is 1. The van der Waals surface area contributed by atoms with Crippen LogP contribution in [0.1, 0.15) is 40.5 Å². The largest absolute Gasteiger partial charge is 0.341 e. The van der Waals surface area contributed by atoms with E-state index in [1.54, 1.807) is 0 Å². The Kier molecular flexibility index (Phi) is 3.77. The highest BCUT2D eigenvalue weighted by molar-refractivity contribution is 5.82. The molecule has 1 amide bonds. The number of carbonyl (C=O) groups is 1. The van der Waals surface area contributed by atoms with Crippen molar-refractivity contribution >= 4 is 5.91 Å². The van der Waals surface area contributed by atoms with Crippen LogP contribution in [0.4, 0.5) is 0 Å².